The topological polar surface area (TPSA) is 31.4 Å². The molecule has 0 atom stereocenters. The molecule has 0 aliphatic rings. The van der Waals surface area contributed by atoms with Crippen molar-refractivity contribution in [3.05, 3.63) is 22.9 Å². The smallest absolute Gasteiger partial charge is 0.137 e. The fourth-order valence-corrected chi connectivity index (χ4v) is 0.747. The Morgan fingerprint density at radius 1 is 1.58 bits per heavy atom. The average Bonchev–Trinajstić information content (AvgIpc) is 2.20. The van der Waals surface area contributed by atoms with Crippen molar-refractivity contribution in [1.82, 2.24) is 4.98 Å². The number of pyridine rings is 1. The molecule has 0 saturated heterocycles. The maximum absolute atomic E-state index is 7.57. The zero-order valence-electron chi connectivity index (χ0n) is 9.56. The molecule has 4 heteroatoms. The van der Waals surface area contributed by atoms with E-state index in [1.807, 2.05) is 0 Å². The molecule has 0 spiro atoms. The minimum atomic E-state index is -0.154. The van der Waals surface area contributed by atoms with Gasteiger partial charge in [0.1, 0.15) is 17.0 Å². The maximum atomic E-state index is 7.57. The van der Waals surface area contributed by atoms with Crippen molar-refractivity contribution in [1.29, 1.82) is 0 Å². The van der Waals surface area contributed by atoms with Crippen molar-refractivity contribution in [2.75, 3.05) is 20.3 Å². The van der Waals surface area contributed by atoms with Crippen LogP contribution >= 0.6 is 15.9 Å². The van der Waals surface area contributed by atoms with Crippen LogP contribution in [-0.4, -0.2) is 25.3 Å². The summed E-state index contributed by atoms with van der Waals surface area (Å²) in [5, 5.41) is 0. The highest BCUT2D eigenvalue weighted by atomic mass is 79.9. The molecule has 0 aliphatic carbocycles. The predicted molar refractivity (Wildman–Crippen MR) is 49.3 cm³/mol. The van der Waals surface area contributed by atoms with Crippen molar-refractivity contribution in [3.63, 3.8) is 0 Å². The van der Waals surface area contributed by atoms with Gasteiger partial charge in [-0.05, 0) is 28.0 Å². The zero-order chi connectivity index (χ0) is 11.4. The van der Waals surface area contributed by atoms with Crippen LogP contribution in [0.25, 0.3) is 0 Å². The molecule has 0 aromatic carbocycles. The van der Waals surface area contributed by atoms with Crippen molar-refractivity contribution >= 4 is 15.9 Å². The van der Waals surface area contributed by atoms with Gasteiger partial charge in [0, 0.05) is 7.11 Å². The lowest BCUT2D eigenvalue weighted by Gasteiger charge is -2.03. The fraction of sp³-hybridized carbons (Fsp3) is 0.375. The molecular weight excluding hydrogens is 222 g/mol. The van der Waals surface area contributed by atoms with E-state index in [0.29, 0.717) is 6.61 Å². The molecule has 0 saturated carbocycles. The quantitative estimate of drug-likeness (QED) is 0.589. The zero-order valence-corrected chi connectivity index (χ0v) is 8.14. The summed E-state index contributed by atoms with van der Waals surface area (Å²) in [5.41, 5.74) is 0. The first kappa shape index (κ1) is 5.94. The summed E-state index contributed by atoms with van der Waals surface area (Å²) in [6, 6.07) is -0.226. The number of methoxy groups -OCH3 is 1. The van der Waals surface area contributed by atoms with Crippen LogP contribution in [0.15, 0.2) is 22.9 Å². The van der Waals surface area contributed by atoms with Crippen LogP contribution in [0.4, 0.5) is 0 Å². The van der Waals surface area contributed by atoms with Crippen LogP contribution < -0.4 is 4.74 Å². The molecule has 0 bridgehead atoms. The van der Waals surface area contributed by atoms with Gasteiger partial charge in [-0.3, -0.25) is 0 Å². The number of hydrogen-bond donors (Lipinski definition) is 0. The molecular formula is C8H10BrNO2. The van der Waals surface area contributed by atoms with Gasteiger partial charge in [-0.1, -0.05) is 0 Å². The molecule has 0 aliphatic heterocycles. The summed E-state index contributed by atoms with van der Waals surface area (Å²) in [6.07, 6.45) is -0.154. The Morgan fingerprint density at radius 3 is 3.17 bits per heavy atom. The van der Waals surface area contributed by atoms with E-state index < -0.39 is 0 Å². The third-order valence-electron chi connectivity index (χ3n) is 1.07. The molecule has 1 aromatic rings. The highest BCUT2D eigenvalue weighted by Gasteiger charge is 1.92. The first-order chi connectivity index (χ1) is 7.07. The van der Waals surface area contributed by atoms with E-state index in [2.05, 4.69) is 20.9 Å². The lowest BCUT2D eigenvalue weighted by molar-refractivity contribution is 0.146. The first-order valence-electron chi connectivity index (χ1n) is 4.83. The Balaban J connectivity index is 2.92. The second kappa shape index (κ2) is 5.11. The molecule has 0 radical (unpaired) electrons. The van der Waals surface area contributed by atoms with Crippen molar-refractivity contribution < 1.29 is 13.6 Å². The molecule has 3 nitrogen and oxygen atoms in total. The maximum Gasteiger partial charge on any atom is 0.137 e. The molecule has 0 fully saturated rings. The summed E-state index contributed by atoms with van der Waals surface area (Å²) in [4.78, 5) is 3.72. The summed E-state index contributed by atoms with van der Waals surface area (Å²) < 4.78 is 32.6. The number of ether oxygens (including phenoxy) is 2. The Morgan fingerprint density at radius 2 is 2.42 bits per heavy atom. The monoisotopic (exact) mass is 234 g/mol. The van der Waals surface area contributed by atoms with E-state index in [1.165, 1.54) is 7.11 Å². The van der Waals surface area contributed by atoms with E-state index >= 15 is 0 Å². The Labute approximate surface area is 84.1 Å². The molecule has 1 aromatic heterocycles. The lowest BCUT2D eigenvalue weighted by Crippen LogP contribution is -2.04. The SMILES string of the molecule is [2H]c1nc(Br)c([2H])c([2H])c1OCCOC. The van der Waals surface area contributed by atoms with Crippen molar-refractivity contribution in [2.24, 2.45) is 0 Å². The Hall–Kier alpha value is -0.610. The van der Waals surface area contributed by atoms with Gasteiger partial charge < -0.3 is 9.47 Å². The van der Waals surface area contributed by atoms with Gasteiger partial charge in [0.05, 0.1) is 16.9 Å². The van der Waals surface area contributed by atoms with Crippen LogP contribution in [0.2, 0.25) is 0 Å². The van der Waals surface area contributed by atoms with E-state index in [1.54, 1.807) is 0 Å². The Kier molecular flexibility index (Phi) is 2.53. The van der Waals surface area contributed by atoms with Gasteiger partial charge in [0.2, 0.25) is 0 Å². The number of aromatic nitrogens is 1. The highest BCUT2D eigenvalue weighted by Crippen LogP contribution is 2.12. The summed E-state index contributed by atoms with van der Waals surface area (Å²) in [5.74, 6) is 0.0141. The standard InChI is InChI=1S/C8H10BrNO2/c1-11-4-5-12-7-2-3-8(9)10-6-7/h2-3,6H,4-5H2,1H3/i2D,3D,6D. The minimum absolute atomic E-state index is 0.0141. The lowest BCUT2D eigenvalue weighted by atomic mass is 10.5. The third-order valence-corrected chi connectivity index (χ3v) is 1.44. The molecule has 0 amide bonds. The third kappa shape index (κ3) is 3.19. The van der Waals surface area contributed by atoms with Gasteiger partial charge in [-0.25, -0.2) is 4.98 Å². The van der Waals surface area contributed by atoms with Gasteiger partial charge in [0.15, 0.2) is 0 Å². The van der Waals surface area contributed by atoms with Gasteiger partial charge in [0.25, 0.3) is 0 Å². The molecule has 0 unspecified atom stereocenters. The van der Waals surface area contributed by atoms with E-state index in [9.17, 15) is 0 Å². The van der Waals surface area contributed by atoms with Gasteiger partial charge >= 0.3 is 0 Å². The van der Waals surface area contributed by atoms with Gasteiger partial charge in [-0.2, -0.15) is 0 Å². The molecule has 66 valence electrons. The van der Waals surface area contributed by atoms with Gasteiger partial charge in [-0.15, -0.1) is 0 Å². The minimum Gasteiger partial charge on any atom is -0.490 e. The number of hydrogen-bond acceptors (Lipinski definition) is 3. The molecule has 0 N–H and O–H groups in total. The van der Waals surface area contributed by atoms with Crippen molar-refractivity contribution in [3.8, 4) is 5.75 Å². The summed E-state index contributed by atoms with van der Waals surface area (Å²) in [6.45, 7) is 0.597. The van der Waals surface area contributed by atoms with Crippen LogP contribution in [0.1, 0.15) is 4.11 Å². The van der Waals surface area contributed by atoms with E-state index in [0.717, 1.165) is 0 Å². The molecule has 1 rings (SSSR count). The van der Waals surface area contributed by atoms with E-state index in [4.69, 9.17) is 13.6 Å². The predicted octanol–water partition coefficient (Wildman–Crippen LogP) is 1.87. The molecule has 12 heavy (non-hydrogen) atoms. The van der Waals surface area contributed by atoms with Crippen molar-refractivity contribution in [2.45, 2.75) is 0 Å². The van der Waals surface area contributed by atoms with Crippen LogP contribution in [0.3, 0.4) is 0 Å². The first-order valence-corrected chi connectivity index (χ1v) is 4.12. The number of rotatable bonds is 4. The van der Waals surface area contributed by atoms with Crippen LogP contribution in [-0.2, 0) is 4.74 Å². The van der Waals surface area contributed by atoms with Crippen LogP contribution in [0.5, 0.6) is 5.75 Å². The Bertz CT molecular complexity index is 362. The van der Waals surface area contributed by atoms with E-state index in [-0.39, 0.29) is 35.2 Å². The fourth-order valence-electron chi connectivity index (χ4n) is 0.560. The second-order valence-corrected chi connectivity index (χ2v) is 2.69. The second-order valence-electron chi connectivity index (χ2n) is 1.93. The summed E-state index contributed by atoms with van der Waals surface area (Å²) in [7, 11) is 1.53. The largest absolute Gasteiger partial charge is 0.490 e. The number of halogens is 1. The summed E-state index contributed by atoms with van der Waals surface area (Å²) >= 11 is 2.99. The number of nitrogens with zero attached hydrogens (tertiary/aromatic N) is 1. The normalized spacial score (nSPS) is 13.3. The average molecular weight is 235 g/mol. The van der Waals surface area contributed by atoms with Crippen LogP contribution in [0, 0.1) is 0 Å². The highest BCUT2D eigenvalue weighted by molar-refractivity contribution is 9.10. The molecule has 1 heterocycles.